The smallest absolute Gasteiger partial charge is 0.338 e. The van der Waals surface area contributed by atoms with Crippen molar-refractivity contribution in [3.8, 4) is 0 Å². The van der Waals surface area contributed by atoms with Gasteiger partial charge in [0.05, 0.1) is 5.56 Å². The van der Waals surface area contributed by atoms with Gasteiger partial charge in [-0.25, -0.2) is 4.79 Å². The number of carbonyl (C=O) groups excluding carboxylic acids is 1. The molecule has 0 heterocycles. The Kier molecular flexibility index (Phi) is 7.44. The van der Waals surface area contributed by atoms with Gasteiger partial charge >= 0.3 is 5.97 Å². The molecular weight excluding hydrogens is 264 g/mol. The second-order valence-corrected chi connectivity index (χ2v) is 6.14. The highest BCUT2D eigenvalue weighted by Gasteiger charge is 2.33. The van der Waals surface area contributed by atoms with Gasteiger partial charge in [0.2, 0.25) is 0 Å². The normalized spacial score (nSPS) is 25.0. The molecule has 0 radical (unpaired) electrons. The van der Waals surface area contributed by atoms with Gasteiger partial charge < -0.3 is 9.84 Å². The lowest BCUT2D eigenvalue weighted by atomic mass is 9.75. The van der Waals surface area contributed by atoms with E-state index in [4.69, 9.17) is 9.84 Å². The van der Waals surface area contributed by atoms with Crippen molar-refractivity contribution in [3.05, 3.63) is 35.9 Å². The predicted octanol–water partition coefficient (Wildman–Crippen LogP) is 3.91. The molecule has 3 heteroatoms. The molecule has 3 atom stereocenters. The van der Waals surface area contributed by atoms with Gasteiger partial charge in [-0.15, -0.1) is 0 Å². The Bertz CT molecular complexity index is 414. The van der Waals surface area contributed by atoms with Crippen molar-refractivity contribution >= 4 is 5.97 Å². The lowest BCUT2D eigenvalue weighted by Gasteiger charge is -2.36. The number of hydrogen-bond acceptors (Lipinski definition) is 3. The summed E-state index contributed by atoms with van der Waals surface area (Å²) >= 11 is 0. The monoisotopic (exact) mass is 292 g/mol. The Morgan fingerprint density at radius 2 is 1.81 bits per heavy atom. The summed E-state index contributed by atoms with van der Waals surface area (Å²) in [5.74, 6) is 1.55. The fraction of sp³-hybridized carbons (Fsp3) is 0.611. The lowest BCUT2D eigenvalue weighted by Crippen LogP contribution is -2.35. The fourth-order valence-corrected chi connectivity index (χ4v) is 3.03. The second kappa shape index (κ2) is 8.83. The van der Waals surface area contributed by atoms with E-state index in [1.165, 1.54) is 12.8 Å². The molecule has 1 aromatic carbocycles. The molecule has 1 fully saturated rings. The van der Waals surface area contributed by atoms with E-state index in [9.17, 15) is 4.79 Å². The molecule has 0 aromatic heterocycles. The first kappa shape index (κ1) is 17.7. The molecule has 1 aromatic rings. The van der Waals surface area contributed by atoms with Crippen molar-refractivity contribution in [2.45, 2.75) is 46.1 Å². The van der Waals surface area contributed by atoms with Crippen LogP contribution in [0.4, 0.5) is 0 Å². The first-order chi connectivity index (χ1) is 10.1. The zero-order valence-electron chi connectivity index (χ0n) is 13.6. The SMILES string of the molecule is CC1CCC(C(C)C)C(OC(=O)c2ccccc2)C1.CO. The number of rotatable bonds is 3. The van der Waals surface area contributed by atoms with Crippen molar-refractivity contribution in [1.82, 2.24) is 0 Å². The minimum absolute atomic E-state index is 0.0801. The molecule has 1 saturated carbocycles. The Morgan fingerprint density at radius 1 is 1.19 bits per heavy atom. The average molecular weight is 292 g/mol. The van der Waals surface area contributed by atoms with Crippen molar-refractivity contribution in [2.75, 3.05) is 7.11 Å². The van der Waals surface area contributed by atoms with Crippen LogP contribution in [0, 0.1) is 17.8 Å². The molecule has 3 nitrogen and oxygen atoms in total. The fourth-order valence-electron chi connectivity index (χ4n) is 3.03. The molecule has 2 rings (SSSR count). The number of carbonyl (C=O) groups is 1. The van der Waals surface area contributed by atoms with Crippen LogP contribution in [0.2, 0.25) is 0 Å². The van der Waals surface area contributed by atoms with E-state index in [0.717, 1.165) is 13.5 Å². The molecule has 0 aliphatic heterocycles. The van der Waals surface area contributed by atoms with Gasteiger partial charge in [0, 0.05) is 7.11 Å². The Hall–Kier alpha value is -1.35. The summed E-state index contributed by atoms with van der Waals surface area (Å²) < 4.78 is 5.78. The lowest BCUT2D eigenvalue weighted by molar-refractivity contribution is -0.0174. The molecule has 21 heavy (non-hydrogen) atoms. The van der Waals surface area contributed by atoms with Crippen molar-refractivity contribution < 1.29 is 14.6 Å². The number of aliphatic hydroxyl groups excluding tert-OH is 1. The van der Waals surface area contributed by atoms with Crippen LogP contribution >= 0.6 is 0 Å². The van der Waals surface area contributed by atoms with E-state index in [1.54, 1.807) is 0 Å². The summed E-state index contributed by atoms with van der Waals surface area (Å²) in [4.78, 5) is 12.2. The van der Waals surface area contributed by atoms with Gasteiger partial charge in [-0.05, 0) is 42.7 Å². The number of hydrogen-bond donors (Lipinski definition) is 1. The molecule has 118 valence electrons. The van der Waals surface area contributed by atoms with Crippen LogP contribution in [0.1, 0.15) is 50.4 Å². The van der Waals surface area contributed by atoms with Gasteiger partial charge in [-0.3, -0.25) is 0 Å². The number of aliphatic hydroxyl groups is 1. The third kappa shape index (κ3) is 5.16. The first-order valence-corrected chi connectivity index (χ1v) is 7.78. The van der Waals surface area contributed by atoms with Gasteiger partial charge in [0.15, 0.2) is 0 Å². The van der Waals surface area contributed by atoms with E-state index in [1.807, 2.05) is 30.3 Å². The van der Waals surface area contributed by atoms with Crippen LogP contribution in [-0.2, 0) is 4.74 Å². The highest BCUT2D eigenvalue weighted by atomic mass is 16.5. The van der Waals surface area contributed by atoms with E-state index in [2.05, 4.69) is 20.8 Å². The van der Waals surface area contributed by atoms with Crippen molar-refractivity contribution in [3.63, 3.8) is 0 Å². The number of benzene rings is 1. The maximum Gasteiger partial charge on any atom is 0.338 e. The molecule has 0 amide bonds. The zero-order chi connectivity index (χ0) is 15.8. The van der Waals surface area contributed by atoms with Crippen molar-refractivity contribution in [2.24, 2.45) is 17.8 Å². The van der Waals surface area contributed by atoms with E-state index in [0.29, 0.717) is 23.3 Å². The predicted molar refractivity (Wildman–Crippen MR) is 85.1 cm³/mol. The van der Waals surface area contributed by atoms with Gasteiger partial charge in [0.1, 0.15) is 6.10 Å². The molecule has 0 saturated heterocycles. The largest absolute Gasteiger partial charge is 0.458 e. The Balaban J connectivity index is 0.00000106. The summed E-state index contributed by atoms with van der Waals surface area (Å²) in [6.07, 6.45) is 3.51. The Morgan fingerprint density at radius 3 is 2.38 bits per heavy atom. The number of ether oxygens (including phenoxy) is 1. The van der Waals surface area contributed by atoms with Crippen LogP contribution < -0.4 is 0 Å². The van der Waals surface area contributed by atoms with Gasteiger partial charge in [0.25, 0.3) is 0 Å². The summed E-state index contributed by atoms with van der Waals surface area (Å²) in [5.41, 5.74) is 0.656. The van der Waals surface area contributed by atoms with E-state index < -0.39 is 0 Å². The van der Waals surface area contributed by atoms with Crippen LogP contribution in [0.15, 0.2) is 30.3 Å². The Labute approximate surface area is 128 Å². The maximum atomic E-state index is 12.2. The molecular formula is C18H28O3. The van der Waals surface area contributed by atoms with E-state index in [-0.39, 0.29) is 12.1 Å². The molecule has 1 aliphatic rings. The third-order valence-electron chi connectivity index (χ3n) is 4.23. The highest BCUT2D eigenvalue weighted by molar-refractivity contribution is 5.89. The average Bonchev–Trinajstić information content (AvgIpc) is 2.50. The topological polar surface area (TPSA) is 46.5 Å². The van der Waals surface area contributed by atoms with Crippen molar-refractivity contribution in [1.29, 1.82) is 0 Å². The van der Waals surface area contributed by atoms with Crippen LogP contribution in [0.3, 0.4) is 0 Å². The summed E-state index contributed by atoms with van der Waals surface area (Å²) in [5, 5.41) is 7.00. The molecule has 1 N–H and O–H groups in total. The highest BCUT2D eigenvalue weighted by Crippen LogP contribution is 2.35. The maximum absolute atomic E-state index is 12.2. The van der Waals surface area contributed by atoms with Crippen LogP contribution in [0.5, 0.6) is 0 Å². The molecule has 0 spiro atoms. The van der Waals surface area contributed by atoms with Gasteiger partial charge in [-0.2, -0.15) is 0 Å². The van der Waals surface area contributed by atoms with Crippen LogP contribution in [-0.4, -0.2) is 24.3 Å². The molecule has 0 bridgehead atoms. The number of esters is 1. The molecule has 3 unspecified atom stereocenters. The first-order valence-electron chi connectivity index (χ1n) is 7.78. The summed E-state index contributed by atoms with van der Waals surface area (Å²) in [6.45, 7) is 6.70. The zero-order valence-corrected chi connectivity index (χ0v) is 13.6. The van der Waals surface area contributed by atoms with Crippen LogP contribution in [0.25, 0.3) is 0 Å². The van der Waals surface area contributed by atoms with Gasteiger partial charge in [-0.1, -0.05) is 45.4 Å². The minimum atomic E-state index is -0.176. The summed E-state index contributed by atoms with van der Waals surface area (Å²) in [7, 11) is 1.00. The minimum Gasteiger partial charge on any atom is -0.458 e. The summed E-state index contributed by atoms with van der Waals surface area (Å²) in [6, 6.07) is 9.30. The second-order valence-electron chi connectivity index (χ2n) is 6.14. The quantitative estimate of drug-likeness (QED) is 0.859. The standard InChI is InChI=1S/C17H24O2.CH4O/c1-12(2)15-10-9-13(3)11-16(15)19-17(18)14-7-5-4-6-8-14;1-2/h4-8,12-13,15-16H,9-11H2,1-3H3;2H,1H3. The molecule has 1 aliphatic carbocycles. The van der Waals surface area contributed by atoms with E-state index >= 15 is 0 Å². The third-order valence-corrected chi connectivity index (χ3v) is 4.23.